The molecular formula is C11H15Cl2N3OS. The molecular weight excluding hydrogens is 293 g/mol. The number of rotatable bonds is 5. The molecule has 2 rings (SSSR count). The minimum atomic E-state index is -0.117. The normalized spacial score (nSPS) is 15.2. The van der Waals surface area contributed by atoms with Crippen LogP contribution in [0.2, 0.25) is 10.2 Å². The highest BCUT2D eigenvalue weighted by molar-refractivity contribution is 7.09. The standard InChI is InChI=1S/C11H15Cl2N3OS/c1-15(7-3-4-7)5-6-16(2)11(17)9-8(12)10(13)14-18-9/h7H,3-6H2,1-2H3. The first-order valence-corrected chi connectivity index (χ1v) is 7.30. The molecule has 1 amide bonds. The number of aromatic nitrogens is 1. The van der Waals surface area contributed by atoms with Gasteiger partial charge in [0.15, 0.2) is 5.15 Å². The Hall–Kier alpha value is -0.360. The Bertz CT molecular complexity index is 447. The van der Waals surface area contributed by atoms with Crippen molar-refractivity contribution in [1.29, 1.82) is 0 Å². The lowest BCUT2D eigenvalue weighted by molar-refractivity contribution is 0.0786. The van der Waals surface area contributed by atoms with Gasteiger partial charge < -0.3 is 9.80 Å². The predicted molar refractivity (Wildman–Crippen MR) is 74.7 cm³/mol. The number of carbonyl (C=O) groups excluding carboxylic acids is 1. The molecule has 1 aliphatic carbocycles. The summed E-state index contributed by atoms with van der Waals surface area (Å²) in [5, 5.41) is 0.461. The minimum absolute atomic E-state index is 0.117. The van der Waals surface area contributed by atoms with Gasteiger partial charge in [-0.05, 0) is 31.4 Å². The number of halogens is 2. The Kier molecular flexibility index (Phi) is 4.48. The van der Waals surface area contributed by atoms with Crippen LogP contribution in [0.5, 0.6) is 0 Å². The van der Waals surface area contributed by atoms with Crippen molar-refractivity contribution < 1.29 is 4.79 Å². The molecule has 0 bridgehead atoms. The van der Waals surface area contributed by atoms with Crippen LogP contribution < -0.4 is 0 Å². The summed E-state index contributed by atoms with van der Waals surface area (Å²) in [6, 6.07) is 0.704. The molecule has 1 saturated carbocycles. The predicted octanol–water partition coefficient (Wildman–Crippen LogP) is 2.62. The van der Waals surface area contributed by atoms with Crippen molar-refractivity contribution in [2.75, 3.05) is 27.2 Å². The Morgan fingerprint density at radius 1 is 1.39 bits per heavy atom. The van der Waals surface area contributed by atoms with Gasteiger partial charge in [-0.1, -0.05) is 23.2 Å². The van der Waals surface area contributed by atoms with Gasteiger partial charge in [0, 0.05) is 26.2 Å². The fourth-order valence-corrected chi connectivity index (χ4v) is 2.88. The Morgan fingerprint density at radius 2 is 2.06 bits per heavy atom. The molecule has 0 N–H and O–H groups in total. The first-order valence-electron chi connectivity index (χ1n) is 5.77. The second kappa shape index (κ2) is 5.74. The SMILES string of the molecule is CN(CCN(C)C1CC1)C(=O)c1snc(Cl)c1Cl. The molecule has 0 unspecified atom stereocenters. The molecule has 1 heterocycles. The van der Waals surface area contributed by atoms with Crippen LogP contribution in [0.3, 0.4) is 0 Å². The van der Waals surface area contributed by atoms with Crippen LogP contribution in [-0.4, -0.2) is 53.3 Å². The van der Waals surface area contributed by atoms with Gasteiger partial charge in [0.2, 0.25) is 0 Å². The fourth-order valence-electron chi connectivity index (χ4n) is 1.67. The third-order valence-corrected chi connectivity index (χ3v) is 4.88. The zero-order chi connectivity index (χ0) is 13.3. The highest BCUT2D eigenvalue weighted by atomic mass is 35.5. The molecule has 7 heteroatoms. The summed E-state index contributed by atoms with van der Waals surface area (Å²) in [7, 11) is 3.86. The summed E-state index contributed by atoms with van der Waals surface area (Å²) in [5.41, 5.74) is 0. The summed E-state index contributed by atoms with van der Waals surface area (Å²) in [6.45, 7) is 1.55. The number of hydrogen-bond acceptors (Lipinski definition) is 4. The van der Waals surface area contributed by atoms with Crippen molar-refractivity contribution in [3.63, 3.8) is 0 Å². The topological polar surface area (TPSA) is 36.4 Å². The van der Waals surface area contributed by atoms with Crippen LogP contribution in [0.4, 0.5) is 0 Å². The smallest absolute Gasteiger partial charge is 0.266 e. The second-order valence-electron chi connectivity index (χ2n) is 4.55. The maximum Gasteiger partial charge on any atom is 0.266 e. The molecule has 0 aliphatic heterocycles. The van der Waals surface area contributed by atoms with Gasteiger partial charge in [-0.2, -0.15) is 4.37 Å². The average molecular weight is 308 g/mol. The maximum atomic E-state index is 12.1. The fraction of sp³-hybridized carbons (Fsp3) is 0.636. The van der Waals surface area contributed by atoms with Crippen LogP contribution in [0, 0.1) is 0 Å². The summed E-state index contributed by atoms with van der Waals surface area (Å²) >= 11 is 12.7. The Balaban J connectivity index is 1.89. The van der Waals surface area contributed by atoms with Gasteiger partial charge in [0.1, 0.15) is 9.90 Å². The van der Waals surface area contributed by atoms with E-state index in [4.69, 9.17) is 23.2 Å². The summed E-state index contributed by atoms with van der Waals surface area (Å²) < 4.78 is 3.87. The number of amides is 1. The van der Waals surface area contributed by atoms with Crippen LogP contribution in [-0.2, 0) is 0 Å². The molecule has 0 spiro atoms. The molecule has 18 heavy (non-hydrogen) atoms. The highest BCUT2D eigenvalue weighted by Gasteiger charge is 2.26. The largest absolute Gasteiger partial charge is 0.340 e. The van der Waals surface area contributed by atoms with Crippen molar-refractivity contribution >= 4 is 40.6 Å². The van der Waals surface area contributed by atoms with Crippen molar-refractivity contribution in [2.24, 2.45) is 0 Å². The summed E-state index contributed by atoms with van der Waals surface area (Å²) in [4.78, 5) is 16.5. The molecule has 0 radical (unpaired) electrons. The summed E-state index contributed by atoms with van der Waals surface area (Å²) in [6.07, 6.45) is 2.54. The third-order valence-electron chi connectivity index (χ3n) is 3.10. The van der Waals surface area contributed by atoms with Gasteiger partial charge in [0.25, 0.3) is 5.91 Å². The van der Waals surface area contributed by atoms with Gasteiger partial charge in [0.05, 0.1) is 0 Å². The molecule has 1 fully saturated rings. The van der Waals surface area contributed by atoms with Crippen molar-refractivity contribution in [1.82, 2.24) is 14.2 Å². The number of likely N-dealkylation sites (N-methyl/N-ethyl adjacent to an activating group) is 2. The molecule has 100 valence electrons. The van der Waals surface area contributed by atoms with E-state index in [1.165, 1.54) is 12.8 Å². The molecule has 4 nitrogen and oxygen atoms in total. The molecule has 1 aliphatic rings. The zero-order valence-electron chi connectivity index (χ0n) is 10.3. The van der Waals surface area contributed by atoms with Crippen molar-refractivity contribution in [3.8, 4) is 0 Å². The van der Waals surface area contributed by atoms with Gasteiger partial charge >= 0.3 is 0 Å². The van der Waals surface area contributed by atoms with E-state index in [0.717, 1.165) is 18.1 Å². The third kappa shape index (κ3) is 3.15. The Morgan fingerprint density at radius 3 is 2.56 bits per heavy atom. The van der Waals surface area contributed by atoms with Crippen LogP contribution >= 0.6 is 34.7 Å². The van der Waals surface area contributed by atoms with E-state index in [1.807, 2.05) is 0 Å². The molecule has 0 saturated heterocycles. The van der Waals surface area contributed by atoms with E-state index in [0.29, 0.717) is 17.5 Å². The molecule has 0 atom stereocenters. The van der Waals surface area contributed by atoms with Crippen molar-refractivity contribution in [3.05, 3.63) is 15.1 Å². The number of hydrogen-bond donors (Lipinski definition) is 0. The number of carbonyl (C=O) groups is 1. The van der Waals surface area contributed by atoms with E-state index in [2.05, 4.69) is 16.3 Å². The van der Waals surface area contributed by atoms with Gasteiger partial charge in [-0.15, -0.1) is 0 Å². The molecule has 1 aromatic rings. The van der Waals surface area contributed by atoms with Crippen LogP contribution in [0.1, 0.15) is 22.5 Å². The average Bonchev–Trinajstić information content (AvgIpc) is 3.14. The first-order chi connectivity index (χ1) is 8.50. The van der Waals surface area contributed by atoms with E-state index >= 15 is 0 Å². The molecule has 1 aromatic heterocycles. The lowest BCUT2D eigenvalue weighted by atomic mass is 10.4. The van der Waals surface area contributed by atoms with Gasteiger partial charge in [-0.3, -0.25) is 4.79 Å². The maximum absolute atomic E-state index is 12.1. The van der Waals surface area contributed by atoms with E-state index in [1.54, 1.807) is 11.9 Å². The van der Waals surface area contributed by atoms with Crippen LogP contribution in [0.15, 0.2) is 0 Å². The van der Waals surface area contributed by atoms with E-state index in [9.17, 15) is 4.79 Å². The quantitative estimate of drug-likeness (QED) is 0.839. The monoisotopic (exact) mass is 307 g/mol. The van der Waals surface area contributed by atoms with Crippen molar-refractivity contribution in [2.45, 2.75) is 18.9 Å². The summed E-state index contributed by atoms with van der Waals surface area (Å²) in [5.74, 6) is -0.117. The van der Waals surface area contributed by atoms with Crippen LogP contribution in [0.25, 0.3) is 0 Å². The van der Waals surface area contributed by atoms with E-state index in [-0.39, 0.29) is 16.1 Å². The number of nitrogens with zero attached hydrogens (tertiary/aromatic N) is 3. The second-order valence-corrected chi connectivity index (χ2v) is 6.06. The molecule has 0 aromatic carbocycles. The first kappa shape index (κ1) is 14.1. The zero-order valence-corrected chi connectivity index (χ0v) is 12.6. The minimum Gasteiger partial charge on any atom is -0.340 e. The Labute approximate surface area is 121 Å². The lowest BCUT2D eigenvalue weighted by Crippen LogP contribution is -2.35. The van der Waals surface area contributed by atoms with Gasteiger partial charge in [-0.25, -0.2) is 0 Å². The lowest BCUT2D eigenvalue weighted by Gasteiger charge is -2.21. The highest BCUT2D eigenvalue weighted by Crippen LogP contribution is 2.29. The van der Waals surface area contributed by atoms with E-state index < -0.39 is 0 Å².